The molecule has 0 saturated carbocycles. The largest absolute Gasteiger partial charge is 0.485 e. The van der Waals surface area contributed by atoms with Crippen molar-refractivity contribution in [2.75, 3.05) is 13.1 Å². The number of alkyl halides is 3. The molecule has 1 atom stereocenters. The summed E-state index contributed by atoms with van der Waals surface area (Å²) in [5.41, 5.74) is -0.763. The van der Waals surface area contributed by atoms with Gasteiger partial charge in [0.2, 0.25) is 0 Å². The smallest absolute Gasteiger partial charge is 0.421 e. The number of likely N-dealkylation sites (tertiary alicyclic amines) is 1. The van der Waals surface area contributed by atoms with E-state index in [0.29, 0.717) is 12.5 Å². The van der Waals surface area contributed by atoms with Crippen LogP contribution in [0.25, 0.3) is 11.1 Å². The molecular formula is C27H26F4N2O2. The topological polar surface area (TPSA) is 45.6 Å². The number of benzene rings is 2. The number of nitrogens with zero attached hydrogens (tertiary/aromatic N) is 2. The van der Waals surface area contributed by atoms with Crippen molar-refractivity contribution in [1.82, 2.24) is 9.88 Å². The fourth-order valence-corrected chi connectivity index (χ4v) is 4.92. The third-order valence-corrected chi connectivity index (χ3v) is 7.23. The first-order chi connectivity index (χ1) is 16.6. The fraction of sp³-hybridized carbons (Fsp3) is 0.370. The monoisotopic (exact) mass is 486 g/mol. The molecule has 1 aromatic heterocycles. The van der Waals surface area contributed by atoms with Crippen LogP contribution in [-0.2, 0) is 18.6 Å². The molecule has 3 heterocycles. The van der Waals surface area contributed by atoms with E-state index in [1.807, 2.05) is 18.2 Å². The number of hydrogen-bond acceptors (Lipinski definition) is 4. The SMILES string of the molecule is CC(O)(c1ccc(-c2ccc(CN3CCC4(CC3)Cc3ccncc3O4)cc2)c(F)c1)C(F)(F)F. The molecule has 1 N–H and O–H groups in total. The molecule has 5 rings (SSSR count). The van der Waals surface area contributed by atoms with E-state index in [9.17, 15) is 22.7 Å². The van der Waals surface area contributed by atoms with Crippen molar-refractivity contribution in [3.05, 3.63) is 83.4 Å². The summed E-state index contributed by atoms with van der Waals surface area (Å²) in [6.45, 7) is 3.17. The quantitative estimate of drug-likeness (QED) is 0.486. The summed E-state index contributed by atoms with van der Waals surface area (Å²) < 4.78 is 60.1. The van der Waals surface area contributed by atoms with Crippen LogP contribution in [0.5, 0.6) is 5.75 Å². The Bertz CT molecular complexity index is 1190. The number of ether oxygens (including phenoxy) is 1. The van der Waals surface area contributed by atoms with Crippen molar-refractivity contribution in [1.29, 1.82) is 0 Å². The van der Waals surface area contributed by atoms with E-state index in [-0.39, 0.29) is 11.2 Å². The van der Waals surface area contributed by atoms with Gasteiger partial charge in [-0.25, -0.2) is 4.39 Å². The molecule has 1 fully saturated rings. The average Bonchev–Trinajstić information content (AvgIpc) is 3.18. The second-order valence-electron chi connectivity index (χ2n) is 9.68. The third kappa shape index (κ3) is 4.52. The number of aromatic nitrogens is 1. The molecule has 1 spiro atoms. The predicted octanol–water partition coefficient (Wildman–Crippen LogP) is 5.63. The number of pyridine rings is 1. The Kier molecular flexibility index (Phi) is 5.84. The molecule has 2 aliphatic heterocycles. The van der Waals surface area contributed by atoms with Gasteiger partial charge < -0.3 is 9.84 Å². The van der Waals surface area contributed by atoms with E-state index in [0.717, 1.165) is 62.3 Å². The molecule has 0 radical (unpaired) electrons. The van der Waals surface area contributed by atoms with E-state index in [1.54, 1.807) is 24.5 Å². The maximum absolute atomic E-state index is 14.7. The predicted molar refractivity (Wildman–Crippen MR) is 123 cm³/mol. The Hall–Kier alpha value is -2.97. The van der Waals surface area contributed by atoms with Crippen LogP contribution in [0.15, 0.2) is 60.9 Å². The maximum atomic E-state index is 14.7. The zero-order chi connectivity index (χ0) is 24.8. The Morgan fingerprint density at radius 1 is 1.06 bits per heavy atom. The number of hydrogen-bond donors (Lipinski definition) is 1. The van der Waals surface area contributed by atoms with Crippen molar-refractivity contribution in [2.45, 2.75) is 50.1 Å². The highest BCUT2D eigenvalue weighted by Crippen LogP contribution is 2.41. The van der Waals surface area contributed by atoms with Gasteiger partial charge in [-0.3, -0.25) is 9.88 Å². The van der Waals surface area contributed by atoms with E-state index in [1.165, 1.54) is 11.6 Å². The molecule has 0 aliphatic carbocycles. The minimum absolute atomic E-state index is 0.147. The molecule has 35 heavy (non-hydrogen) atoms. The van der Waals surface area contributed by atoms with Crippen molar-refractivity contribution < 1.29 is 27.4 Å². The Morgan fingerprint density at radius 3 is 2.40 bits per heavy atom. The first kappa shape index (κ1) is 23.8. The molecule has 184 valence electrons. The Morgan fingerprint density at radius 2 is 1.77 bits per heavy atom. The third-order valence-electron chi connectivity index (χ3n) is 7.23. The lowest BCUT2D eigenvalue weighted by Crippen LogP contribution is -2.46. The minimum Gasteiger partial charge on any atom is -0.485 e. The van der Waals surface area contributed by atoms with Crippen LogP contribution in [0.2, 0.25) is 0 Å². The number of aliphatic hydroxyl groups is 1. The molecule has 0 bridgehead atoms. The second kappa shape index (κ2) is 8.60. The highest BCUT2D eigenvalue weighted by atomic mass is 19.4. The van der Waals surface area contributed by atoms with Crippen LogP contribution in [0.4, 0.5) is 17.6 Å². The number of fused-ring (bicyclic) bond motifs is 1. The summed E-state index contributed by atoms with van der Waals surface area (Å²) in [6, 6.07) is 12.5. The molecule has 0 amide bonds. The van der Waals surface area contributed by atoms with Crippen molar-refractivity contribution in [2.24, 2.45) is 0 Å². The lowest BCUT2D eigenvalue weighted by molar-refractivity contribution is -0.258. The average molecular weight is 487 g/mol. The summed E-state index contributed by atoms with van der Waals surface area (Å²) in [4.78, 5) is 6.51. The first-order valence-corrected chi connectivity index (χ1v) is 11.6. The molecule has 1 saturated heterocycles. The van der Waals surface area contributed by atoms with Crippen molar-refractivity contribution in [3.8, 4) is 16.9 Å². The fourth-order valence-electron chi connectivity index (χ4n) is 4.92. The van der Waals surface area contributed by atoms with E-state index >= 15 is 0 Å². The van der Waals surface area contributed by atoms with Gasteiger partial charge in [0, 0.05) is 56.2 Å². The van der Waals surface area contributed by atoms with Gasteiger partial charge in [-0.2, -0.15) is 13.2 Å². The Labute approximate surface area is 201 Å². The number of piperidine rings is 1. The van der Waals surface area contributed by atoms with Crippen LogP contribution in [0.1, 0.15) is 36.5 Å². The molecule has 1 unspecified atom stereocenters. The van der Waals surface area contributed by atoms with Gasteiger partial charge in [-0.05, 0) is 35.7 Å². The summed E-state index contributed by atoms with van der Waals surface area (Å²) in [5, 5.41) is 9.81. The molecule has 8 heteroatoms. The van der Waals surface area contributed by atoms with Crippen LogP contribution < -0.4 is 4.74 Å². The summed E-state index contributed by atoms with van der Waals surface area (Å²) in [5.74, 6) is 0.0766. The van der Waals surface area contributed by atoms with E-state index in [2.05, 4.69) is 9.88 Å². The Balaban J connectivity index is 1.22. The highest BCUT2D eigenvalue weighted by Gasteiger charge is 2.51. The summed E-state index contributed by atoms with van der Waals surface area (Å²) >= 11 is 0. The van der Waals surface area contributed by atoms with Gasteiger partial charge >= 0.3 is 6.18 Å². The van der Waals surface area contributed by atoms with Crippen molar-refractivity contribution in [3.63, 3.8) is 0 Å². The van der Waals surface area contributed by atoms with Gasteiger partial charge in [0.15, 0.2) is 5.60 Å². The van der Waals surface area contributed by atoms with Crippen LogP contribution in [-0.4, -0.2) is 39.9 Å². The van der Waals surface area contributed by atoms with Crippen LogP contribution in [0, 0.1) is 5.82 Å². The molecular weight excluding hydrogens is 460 g/mol. The van der Waals surface area contributed by atoms with Gasteiger partial charge in [0.05, 0.1) is 6.20 Å². The second-order valence-corrected chi connectivity index (χ2v) is 9.68. The highest BCUT2D eigenvalue weighted by molar-refractivity contribution is 5.65. The molecule has 2 aliphatic rings. The van der Waals surface area contributed by atoms with E-state index < -0.39 is 23.2 Å². The maximum Gasteiger partial charge on any atom is 0.421 e. The summed E-state index contributed by atoms with van der Waals surface area (Å²) in [7, 11) is 0. The van der Waals surface area contributed by atoms with Crippen LogP contribution >= 0.6 is 0 Å². The first-order valence-electron chi connectivity index (χ1n) is 11.6. The lowest BCUT2D eigenvalue weighted by atomic mass is 9.87. The standard InChI is InChI=1S/C27H26F4N2O2/c1-25(34,27(29,30)31)21-6-7-22(23(28)14-21)19-4-2-18(3-5-19)17-33-12-9-26(10-13-33)15-20-8-11-32-16-24(20)35-26/h2-8,11,14,16,34H,9-10,12-13,15,17H2,1H3. The van der Waals surface area contributed by atoms with Gasteiger partial charge in [-0.15, -0.1) is 0 Å². The zero-order valence-corrected chi connectivity index (χ0v) is 19.3. The molecule has 3 aromatic rings. The molecule has 4 nitrogen and oxygen atoms in total. The van der Waals surface area contributed by atoms with Gasteiger partial charge in [0.25, 0.3) is 0 Å². The zero-order valence-electron chi connectivity index (χ0n) is 19.3. The number of halogens is 4. The van der Waals surface area contributed by atoms with Gasteiger partial charge in [0.1, 0.15) is 17.2 Å². The minimum atomic E-state index is -4.90. The lowest BCUT2D eigenvalue weighted by Gasteiger charge is -2.38. The normalized spacial score (nSPS) is 19.3. The van der Waals surface area contributed by atoms with Gasteiger partial charge in [-0.1, -0.05) is 36.4 Å². The molecule has 2 aromatic carbocycles. The van der Waals surface area contributed by atoms with Crippen LogP contribution in [0.3, 0.4) is 0 Å². The van der Waals surface area contributed by atoms with Crippen molar-refractivity contribution >= 4 is 0 Å². The van der Waals surface area contributed by atoms with E-state index in [4.69, 9.17) is 4.74 Å². The number of rotatable bonds is 4. The summed E-state index contributed by atoms with van der Waals surface area (Å²) in [6.07, 6.45) is 1.45.